The van der Waals surface area contributed by atoms with E-state index in [1.54, 1.807) is 0 Å². The van der Waals surface area contributed by atoms with Crippen LogP contribution in [0.5, 0.6) is 0 Å². The Bertz CT molecular complexity index is 1040. The Morgan fingerprint density at radius 2 is 1.47 bits per heavy atom. The zero-order valence-corrected chi connectivity index (χ0v) is 17.8. The van der Waals surface area contributed by atoms with E-state index in [9.17, 15) is 9.59 Å². The first-order valence-electron chi connectivity index (χ1n) is 10.1. The number of rotatable bonds is 5. The van der Waals surface area contributed by atoms with Crippen LogP contribution >= 0.6 is 0 Å². The third-order valence-electron chi connectivity index (χ3n) is 6.75. The summed E-state index contributed by atoms with van der Waals surface area (Å²) in [5, 5.41) is 0. The number of carbonyl (C=O) groups is 2. The summed E-state index contributed by atoms with van der Waals surface area (Å²) in [7, 11) is 2.71. The molecule has 5 rings (SSSR count). The topological polar surface area (TPSA) is 52.6 Å². The van der Waals surface area contributed by atoms with E-state index < -0.39 is 22.8 Å². The highest BCUT2D eigenvalue weighted by atomic mass is 16.5. The van der Waals surface area contributed by atoms with Gasteiger partial charge >= 0.3 is 11.9 Å². The molecule has 2 aromatic carbocycles. The van der Waals surface area contributed by atoms with Gasteiger partial charge in [-0.2, -0.15) is 0 Å². The molecule has 2 aromatic rings. The van der Waals surface area contributed by atoms with Crippen molar-refractivity contribution in [3.63, 3.8) is 0 Å². The van der Waals surface area contributed by atoms with E-state index in [0.29, 0.717) is 17.6 Å². The van der Waals surface area contributed by atoms with Crippen molar-refractivity contribution >= 4 is 11.9 Å². The van der Waals surface area contributed by atoms with Gasteiger partial charge in [0.25, 0.3) is 0 Å². The van der Waals surface area contributed by atoms with Crippen LogP contribution in [0, 0.1) is 5.41 Å². The summed E-state index contributed by atoms with van der Waals surface area (Å²) < 4.78 is 10.5. The molecular formula is C26H26O4. The van der Waals surface area contributed by atoms with E-state index in [1.165, 1.54) is 14.2 Å². The summed E-state index contributed by atoms with van der Waals surface area (Å²) in [5.74, 6) is -1.37. The number of ether oxygens (including phenoxy) is 2. The minimum absolute atomic E-state index is 0.374. The van der Waals surface area contributed by atoms with Gasteiger partial charge in [-0.3, -0.25) is 0 Å². The molecule has 0 heterocycles. The lowest BCUT2D eigenvalue weighted by Crippen LogP contribution is -2.54. The van der Waals surface area contributed by atoms with Gasteiger partial charge in [0.15, 0.2) is 0 Å². The van der Waals surface area contributed by atoms with Crippen LogP contribution in [0.1, 0.15) is 48.4 Å². The summed E-state index contributed by atoms with van der Waals surface area (Å²) in [6, 6.07) is 16.2. The molecule has 0 spiro atoms. The quantitative estimate of drug-likeness (QED) is 0.538. The second kappa shape index (κ2) is 6.98. The van der Waals surface area contributed by atoms with Crippen LogP contribution in [0.25, 0.3) is 0 Å². The Labute approximate surface area is 177 Å². The lowest BCUT2D eigenvalue weighted by Gasteiger charge is -2.57. The van der Waals surface area contributed by atoms with Crippen molar-refractivity contribution in [2.75, 3.05) is 14.2 Å². The lowest BCUT2D eigenvalue weighted by atomic mass is 9.44. The SMILES string of the molecule is C=CCC(C)(C)C12C(C(=O)OC)=C(C(=O)OC)C(c3ccccc31)c1ccccc12. The number of carbonyl (C=O) groups excluding carboxylic acids is 2. The summed E-state index contributed by atoms with van der Waals surface area (Å²) in [6.07, 6.45) is 2.50. The van der Waals surface area contributed by atoms with E-state index in [2.05, 4.69) is 32.6 Å². The van der Waals surface area contributed by atoms with Gasteiger partial charge in [0.2, 0.25) is 0 Å². The molecule has 0 atom stereocenters. The van der Waals surface area contributed by atoms with Gasteiger partial charge in [-0.05, 0) is 34.1 Å². The van der Waals surface area contributed by atoms with Crippen molar-refractivity contribution in [1.29, 1.82) is 0 Å². The Morgan fingerprint density at radius 3 is 1.93 bits per heavy atom. The van der Waals surface area contributed by atoms with Crippen LogP contribution in [0.15, 0.2) is 72.3 Å². The molecule has 4 heteroatoms. The largest absolute Gasteiger partial charge is 0.466 e. The number of esters is 2. The van der Waals surface area contributed by atoms with Crippen LogP contribution in [-0.4, -0.2) is 26.2 Å². The summed E-state index contributed by atoms with van der Waals surface area (Å²) in [4.78, 5) is 26.5. The van der Waals surface area contributed by atoms with Gasteiger partial charge in [0.1, 0.15) is 0 Å². The Kier molecular flexibility index (Phi) is 4.69. The number of benzene rings is 2. The van der Waals surface area contributed by atoms with Crippen LogP contribution < -0.4 is 0 Å². The minimum Gasteiger partial charge on any atom is -0.466 e. The molecule has 0 amide bonds. The van der Waals surface area contributed by atoms with Crippen molar-refractivity contribution in [1.82, 2.24) is 0 Å². The summed E-state index contributed by atoms with van der Waals surface area (Å²) in [6.45, 7) is 8.20. The second-order valence-electron chi connectivity index (χ2n) is 8.51. The van der Waals surface area contributed by atoms with Crippen molar-refractivity contribution in [2.24, 2.45) is 5.41 Å². The van der Waals surface area contributed by atoms with Crippen molar-refractivity contribution in [3.8, 4) is 0 Å². The van der Waals surface area contributed by atoms with Crippen LogP contribution in [0.2, 0.25) is 0 Å². The van der Waals surface area contributed by atoms with Gasteiger partial charge in [-0.1, -0.05) is 68.5 Å². The van der Waals surface area contributed by atoms with Crippen LogP contribution in [-0.2, 0) is 24.5 Å². The number of hydrogen-bond acceptors (Lipinski definition) is 4. The predicted octanol–water partition coefficient (Wildman–Crippen LogP) is 4.68. The first-order valence-corrected chi connectivity index (χ1v) is 10.1. The average molecular weight is 402 g/mol. The summed E-state index contributed by atoms with van der Waals surface area (Å²) >= 11 is 0. The van der Waals surface area contributed by atoms with Crippen molar-refractivity contribution < 1.29 is 19.1 Å². The highest BCUT2D eigenvalue weighted by Crippen LogP contribution is 2.66. The zero-order valence-electron chi connectivity index (χ0n) is 17.8. The molecule has 3 aliphatic carbocycles. The molecule has 4 nitrogen and oxygen atoms in total. The lowest BCUT2D eigenvalue weighted by molar-refractivity contribution is -0.140. The van der Waals surface area contributed by atoms with E-state index >= 15 is 0 Å². The standard InChI is InChI=1S/C26H26O4/c1-6-15-25(2,3)26-18-13-9-7-11-16(18)20(17-12-8-10-14-19(17)26)21(23(27)29-4)22(26)24(28)30-5/h6-14,20H,1,15H2,2-5H3. The number of methoxy groups -OCH3 is 2. The molecule has 0 saturated heterocycles. The third-order valence-corrected chi connectivity index (χ3v) is 6.75. The van der Waals surface area contributed by atoms with E-state index in [1.807, 2.05) is 42.5 Å². The highest BCUT2D eigenvalue weighted by molar-refractivity contribution is 6.07. The smallest absolute Gasteiger partial charge is 0.335 e. The zero-order chi connectivity index (χ0) is 21.7. The Morgan fingerprint density at radius 1 is 0.967 bits per heavy atom. The van der Waals surface area contributed by atoms with E-state index in [0.717, 1.165) is 22.3 Å². The maximum atomic E-state index is 13.3. The second-order valence-corrected chi connectivity index (χ2v) is 8.51. The fraction of sp³-hybridized carbons (Fsp3) is 0.308. The van der Waals surface area contributed by atoms with E-state index in [4.69, 9.17) is 9.47 Å². The normalized spacial score (nSPS) is 21.5. The molecule has 2 bridgehead atoms. The average Bonchev–Trinajstić information content (AvgIpc) is 2.77. The molecule has 0 N–H and O–H groups in total. The van der Waals surface area contributed by atoms with Gasteiger partial charge in [0.05, 0.1) is 30.8 Å². The number of allylic oxidation sites excluding steroid dienone is 1. The Hall–Kier alpha value is -3.14. The maximum Gasteiger partial charge on any atom is 0.335 e. The molecule has 0 fully saturated rings. The molecule has 154 valence electrons. The molecule has 3 aliphatic rings. The third kappa shape index (κ3) is 2.33. The molecule has 30 heavy (non-hydrogen) atoms. The Balaban J connectivity index is 2.27. The van der Waals surface area contributed by atoms with Crippen LogP contribution in [0.4, 0.5) is 0 Å². The van der Waals surface area contributed by atoms with Crippen LogP contribution in [0.3, 0.4) is 0 Å². The molecule has 0 aromatic heterocycles. The predicted molar refractivity (Wildman–Crippen MR) is 115 cm³/mol. The first-order chi connectivity index (χ1) is 14.4. The van der Waals surface area contributed by atoms with Crippen molar-refractivity contribution in [2.45, 2.75) is 31.6 Å². The first kappa shape index (κ1) is 20.1. The van der Waals surface area contributed by atoms with Gasteiger partial charge in [0, 0.05) is 5.92 Å². The molecule has 0 saturated carbocycles. The minimum atomic E-state index is -0.875. The molecule has 0 aliphatic heterocycles. The fourth-order valence-corrected chi connectivity index (χ4v) is 5.70. The molecular weight excluding hydrogens is 376 g/mol. The van der Waals surface area contributed by atoms with Crippen molar-refractivity contribution in [3.05, 3.63) is 94.6 Å². The highest BCUT2D eigenvalue weighted by Gasteiger charge is 2.62. The van der Waals surface area contributed by atoms with Gasteiger partial charge < -0.3 is 9.47 Å². The fourth-order valence-electron chi connectivity index (χ4n) is 5.70. The maximum absolute atomic E-state index is 13.3. The summed E-state index contributed by atoms with van der Waals surface area (Å²) in [5.41, 5.74) is 3.53. The monoisotopic (exact) mass is 402 g/mol. The van der Waals surface area contributed by atoms with Gasteiger partial charge in [-0.15, -0.1) is 6.58 Å². The van der Waals surface area contributed by atoms with E-state index in [-0.39, 0.29) is 5.92 Å². The molecule has 0 radical (unpaired) electrons. The van der Waals surface area contributed by atoms with Gasteiger partial charge in [-0.25, -0.2) is 9.59 Å². The number of hydrogen-bond donors (Lipinski definition) is 0. The molecule has 0 unspecified atom stereocenters.